The van der Waals surface area contributed by atoms with Crippen molar-refractivity contribution in [1.82, 2.24) is 4.98 Å². The number of nitrogens with one attached hydrogen (secondary N) is 1. The molecule has 3 aromatic rings. The summed E-state index contributed by atoms with van der Waals surface area (Å²) in [5.41, 5.74) is 9.01. The van der Waals surface area contributed by atoms with Gasteiger partial charge in [0, 0.05) is 22.7 Å². The largest absolute Gasteiger partial charge is 0.366 e. The second-order valence-electron chi connectivity index (χ2n) is 4.19. The summed E-state index contributed by atoms with van der Waals surface area (Å²) in [4.78, 5) is 14.4. The number of H-pyrrole nitrogens is 1. The number of carbonyl (C=O) groups is 1. The van der Waals surface area contributed by atoms with Crippen LogP contribution in [-0.4, -0.2) is 10.9 Å². The van der Waals surface area contributed by atoms with Gasteiger partial charge in [0.25, 0.3) is 0 Å². The zero-order chi connectivity index (χ0) is 12.5. The standard InChI is InChI=1S/C15H12N2O/c16-15(18)11-4-1-3-10(9-11)12-5-2-6-14-13(12)7-8-17-14/h1-9,17H,(H2,16,18). The third kappa shape index (κ3) is 1.66. The Labute approximate surface area is 104 Å². The molecule has 1 heterocycles. The molecule has 1 aromatic heterocycles. The highest BCUT2D eigenvalue weighted by molar-refractivity contribution is 5.98. The van der Waals surface area contributed by atoms with Crippen molar-refractivity contribution in [3.05, 3.63) is 60.3 Å². The molecule has 0 unspecified atom stereocenters. The monoisotopic (exact) mass is 236 g/mol. The van der Waals surface area contributed by atoms with Crippen LogP contribution in [0.2, 0.25) is 0 Å². The first-order valence-corrected chi connectivity index (χ1v) is 5.72. The zero-order valence-corrected chi connectivity index (χ0v) is 9.68. The van der Waals surface area contributed by atoms with Gasteiger partial charge in [0.1, 0.15) is 0 Å². The van der Waals surface area contributed by atoms with Crippen LogP contribution in [0.5, 0.6) is 0 Å². The van der Waals surface area contributed by atoms with Crippen molar-refractivity contribution in [2.45, 2.75) is 0 Å². The fourth-order valence-electron chi connectivity index (χ4n) is 2.18. The van der Waals surface area contributed by atoms with E-state index in [9.17, 15) is 4.79 Å². The smallest absolute Gasteiger partial charge is 0.248 e. The van der Waals surface area contributed by atoms with Gasteiger partial charge in [-0.25, -0.2) is 0 Å². The number of amides is 1. The van der Waals surface area contributed by atoms with Crippen LogP contribution >= 0.6 is 0 Å². The van der Waals surface area contributed by atoms with Crippen molar-refractivity contribution < 1.29 is 4.79 Å². The van der Waals surface area contributed by atoms with Gasteiger partial charge in [0.05, 0.1) is 0 Å². The third-order valence-corrected chi connectivity index (χ3v) is 3.05. The fraction of sp³-hybridized carbons (Fsp3) is 0. The summed E-state index contributed by atoms with van der Waals surface area (Å²) in [6, 6.07) is 15.5. The number of hydrogen-bond donors (Lipinski definition) is 2. The second kappa shape index (κ2) is 4.04. The molecule has 1 amide bonds. The minimum Gasteiger partial charge on any atom is -0.366 e. The van der Waals surface area contributed by atoms with E-state index in [0.717, 1.165) is 22.0 Å². The van der Waals surface area contributed by atoms with Gasteiger partial charge in [0.15, 0.2) is 0 Å². The van der Waals surface area contributed by atoms with Crippen molar-refractivity contribution in [3.8, 4) is 11.1 Å². The van der Waals surface area contributed by atoms with Gasteiger partial charge in [-0.1, -0.05) is 24.3 Å². The third-order valence-electron chi connectivity index (χ3n) is 3.05. The van der Waals surface area contributed by atoms with Crippen molar-refractivity contribution in [1.29, 1.82) is 0 Å². The van der Waals surface area contributed by atoms with Gasteiger partial charge >= 0.3 is 0 Å². The molecule has 3 rings (SSSR count). The first-order valence-electron chi connectivity index (χ1n) is 5.72. The molecule has 0 saturated heterocycles. The molecule has 18 heavy (non-hydrogen) atoms. The molecule has 0 spiro atoms. The van der Waals surface area contributed by atoms with Crippen LogP contribution in [0.3, 0.4) is 0 Å². The number of rotatable bonds is 2. The summed E-state index contributed by atoms with van der Waals surface area (Å²) in [6.07, 6.45) is 1.91. The maximum atomic E-state index is 11.2. The molecule has 0 aliphatic carbocycles. The lowest BCUT2D eigenvalue weighted by Gasteiger charge is -2.05. The fourth-order valence-corrected chi connectivity index (χ4v) is 2.18. The summed E-state index contributed by atoms with van der Waals surface area (Å²) < 4.78 is 0. The first-order chi connectivity index (χ1) is 8.75. The van der Waals surface area contributed by atoms with Crippen LogP contribution in [0.4, 0.5) is 0 Å². The highest BCUT2D eigenvalue weighted by atomic mass is 16.1. The van der Waals surface area contributed by atoms with Crippen LogP contribution < -0.4 is 5.73 Å². The van der Waals surface area contributed by atoms with Crippen LogP contribution in [0.1, 0.15) is 10.4 Å². The Morgan fingerprint density at radius 1 is 1.06 bits per heavy atom. The molecule has 0 aliphatic heterocycles. The van der Waals surface area contributed by atoms with Crippen molar-refractivity contribution in [2.24, 2.45) is 5.73 Å². The first kappa shape index (κ1) is 10.6. The molecule has 0 bridgehead atoms. The van der Waals surface area contributed by atoms with Crippen LogP contribution in [0.25, 0.3) is 22.0 Å². The average molecular weight is 236 g/mol. The summed E-state index contributed by atoms with van der Waals surface area (Å²) in [5.74, 6) is -0.405. The van der Waals surface area contributed by atoms with E-state index in [1.54, 1.807) is 6.07 Å². The number of primary amides is 1. The molecule has 0 aliphatic rings. The molecule has 0 fully saturated rings. The van der Waals surface area contributed by atoms with Crippen LogP contribution in [0, 0.1) is 0 Å². The highest BCUT2D eigenvalue weighted by Gasteiger charge is 2.06. The van der Waals surface area contributed by atoms with E-state index in [4.69, 9.17) is 5.73 Å². The van der Waals surface area contributed by atoms with E-state index >= 15 is 0 Å². The summed E-state index contributed by atoms with van der Waals surface area (Å²) in [5, 5.41) is 1.14. The lowest BCUT2D eigenvalue weighted by atomic mass is 10.00. The normalized spacial score (nSPS) is 10.7. The maximum absolute atomic E-state index is 11.2. The highest BCUT2D eigenvalue weighted by Crippen LogP contribution is 2.28. The molecule has 3 heteroatoms. The van der Waals surface area contributed by atoms with Gasteiger partial charge in [-0.2, -0.15) is 0 Å². The van der Waals surface area contributed by atoms with Gasteiger partial charge in [0.2, 0.25) is 5.91 Å². The van der Waals surface area contributed by atoms with Crippen molar-refractivity contribution in [2.75, 3.05) is 0 Å². The number of hydrogen-bond acceptors (Lipinski definition) is 1. The van der Waals surface area contributed by atoms with Crippen molar-refractivity contribution in [3.63, 3.8) is 0 Å². The molecule has 0 atom stereocenters. The van der Waals surface area contributed by atoms with Gasteiger partial charge in [-0.3, -0.25) is 4.79 Å². The number of aromatic nitrogens is 1. The van der Waals surface area contributed by atoms with E-state index in [1.165, 1.54) is 0 Å². The molecule has 3 N–H and O–H groups in total. The topological polar surface area (TPSA) is 58.9 Å². The quantitative estimate of drug-likeness (QED) is 0.706. The maximum Gasteiger partial charge on any atom is 0.248 e. The molecule has 3 nitrogen and oxygen atoms in total. The number of carbonyl (C=O) groups excluding carboxylic acids is 1. The molecular formula is C15H12N2O. The zero-order valence-electron chi connectivity index (χ0n) is 9.68. The molecule has 2 aromatic carbocycles. The Kier molecular flexibility index (Phi) is 2.38. The second-order valence-corrected chi connectivity index (χ2v) is 4.19. The van der Waals surface area contributed by atoms with E-state index in [-0.39, 0.29) is 0 Å². The molecule has 0 radical (unpaired) electrons. The van der Waals surface area contributed by atoms with E-state index in [0.29, 0.717) is 5.56 Å². The number of benzene rings is 2. The van der Waals surface area contributed by atoms with Gasteiger partial charge in [-0.05, 0) is 35.4 Å². The Morgan fingerprint density at radius 2 is 1.89 bits per heavy atom. The van der Waals surface area contributed by atoms with E-state index in [1.807, 2.05) is 48.7 Å². The molecular weight excluding hydrogens is 224 g/mol. The van der Waals surface area contributed by atoms with Crippen molar-refractivity contribution >= 4 is 16.8 Å². The summed E-state index contributed by atoms with van der Waals surface area (Å²) in [7, 11) is 0. The minimum absolute atomic E-state index is 0.405. The Balaban J connectivity index is 2.23. The van der Waals surface area contributed by atoms with Crippen LogP contribution in [-0.2, 0) is 0 Å². The number of fused-ring (bicyclic) bond motifs is 1. The summed E-state index contributed by atoms with van der Waals surface area (Å²) in [6.45, 7) is 0. The Morgan fingerprint density at radius 3 is 2.72 bits per heavy atom. The Hall–Kier alpha value is -2.55. The lowest BCUT2D eigenvalue weighted by molar-refractivity contribution is 0.100. The Bertz CT molecular complexity index is 728. The van der Waals surface area contributed by atoms with Gasteiger partial charge < -0.3 is 10.7 Å². The minimum atomic E-state index is -0.405. The number of nitrogens with two attached hydrogens (primary N) is 1. The summed E-state index contributed by atoms with van der Waals surface area (Å²) >= 11 is 0. The van der Waals surface area contributed by atoms with Crippen LogP contribution in [0.15, 0.2) is 54.7 Å². The predicted octanol–water partition coefficient (Wildman–Crippen LogP) is 2.93. The number of aromatic amines is 1. The average Bonchev–Trinajstić information content (AvgIpc) is 2.87. The molecule has 88 valence electrons. The van der Waals surface area contributed by atoms with E-state index in [2.05, 4.69) is 4.98 Å². The SMILES string of the molecule is NC(=O)c1cccc(-c2cccc3[nH]ccc23)c1. The van der Waals surface area contributed by atoms with Gasteiger partial charge in [-0.15, -0.1) is 0 Å². The predicted molar refractivity (Wildman–Crippen MR) is 72.3 cm³/mol. The van der Waals surface area contributed by atoms with E-state index < -0.39 is 5.91 Å². The molecule has 0 saturated carbocycles. The lowest BCUT2D eigenvalue weighted by Crippen LogP contribution is -2.10.